The highest BCUT2D eigenvalue weighted by atomic mass is 16.5. The van der Waals surface area contributed by atoms with Gasteiger partial charge >= 0.3 is 5.97 Å². The molecule has 0 heterocycles. The van der Waals surface area contributed by atoms with Gasteiger partial charge in [-0.3, -0.25) is 9.59 Å². The van der Waals surface area contributed by atoms with E-state index in [-0.39, 0.29) is 23.7 Å². The van der Waals surface area contributed by atoms with Gasteiger partial charge in [0.2, 0.25) is 11.8 Å². The molecule has 7 nitrogen and oxygen atoms in total. The molecule has 0 saturated heterocycles. The Morgan fingerprint density at radius 3 is 2.41 bits per heavy atom. The van der Waals surface area contributed by atoms with Crippen molar-refractivity contribution in [1.82, 2.24) is 4.90 Å². The van der Waals surface area contributed by atoms with E-state index < -0.39 is 11.9 Å². The number of methoxy groups -OCH3 is 1. The van der Waals surface area contributed by atoms with Gasteiger partial charge in [-0.05, 0) is 30.2 Å². The molecular formula is C20H22N2O5. The summed E-state index contributed by atoms with van der Waals surface area (Å²) in [6.07, 6.45) is 0.622. The number of benzene rings is 2. The molecule has 2 rings (SSSR count). The predicted molar refractivity (Wildman–Crippen MR) is 101 cm³/mol. The van der Waals surface area contributed by atoms with E-state index >= 15 is 0 Å². The first-order valence-electron chi connectivity index (χ1n) is 8.41. The van der Waals surface area contributed by atoms with Gasteiger partial charge < -0.3 is 20.1 Å². The Hall–Kier alpha value is -3.35. The van der Waals surface area contributed by atoms with Crippen molar-refractivity contribution in [2.45, 2.75) is 13.3 Å². The molecule has 0 saturated carbocycles. The van der Waals surface area contributed by atoms with Crippen molar-refractivity contribution >= 4 is 23.5 Å². The molecule has 0 fully saturated rings. The van der Waals surface area contributed by atoms with Gasteiger partial charge in [0.15, 0.2) is 0 Å². The summed E-state index contributed by atoms with van der Waals surface area (Å²) < 4.78 is 5.01. The van der Waals surface area contributed by atoms with Crippen LogP contribution in [0.25, 0.3) is 0 Å². The van der Waals surface area contributed by atoms with Crippen LogP contribution < -0.4 is 10.1 Å². The van der Waals surface area contributed by atoms with Crippen LogP contribution >= 0.6 is 0 Å². The van der Waals surface area contributed by atoms with Crippen LogP contribution in [0.5, 0.6) is 5.75 Å². The molecule has 0 aliphatic heterocycles. The maximum Gasteiger partial charge on any atom is 0.337 e. The summed E-state index contributed by atoms with van der Waals surface area (Å²) in [6.45, 7) is 1.63. The maximum absolute atomic E-state index is 12.3. The third kappa shape index (κ3) is 5.85. The van der Waals surface area contributed by atoms with E-state index in [0.29, 0.717) is 18.7 Å². The molecule has 0 bridgehead atoms. The normalized spacial score (nSPS) is 10.1. The van der Waals surface area contributed by atoms with Crippen LogP contribution in [0.2, 0.25) is 0 Å². The number of carbonyl (C=O) groups excluding carboxylic acids is 2. The van der Waals surface area contributed by atoms with E-state index in [1.54, 1.807) is 6.07 Å². The number of carbonyl (C=O) groups is 3. The number of ether oxygens (including phenoxy) is 1. The monoisotopic (exact) mass is 370 g/mol. The fraction of sp³-hybridized carbons (Fsp3) is 0.250. The second kappa shape index (κ2) is 9.38. The zero-order chi connectivity index (χ0) is 19.8. The van der Waals surface area contributed by atoms with Gasteiger partial charge in [-0.1, -0.05) is 30.3 Å². The van der Waals surface area contributed by atoms with Crippen molar-refractivity contribution in [2.24, 2.45) is 0 Å². The fourth-order valence-electron chi connectivity index (χ4n) is 2.56. The van der Waals surface area contributed by atoms with Crippen LogP contribution in [-0.4, -0.2) is 48.0 Å². The Bertz CT molecular complexity index is 820. The summed E-state index contributed by atoms with van der Waals surface area (Å²) in [5.74, 6) is -1.50. The highest BCUT2D eigenvalue weighted by Crippen LogP contribution is 2.22. The van der Waals surface area contributed by atoms with E-state index in [2.05, 4.69) is 5.32 Å². The lowest BCUT2D eigenvalue weighted by Crippen LogP contribution is -2.38. The second-order valence-corrected chi connectivity index (χ2v) is 5.94. The van der Waals surface area contributed by atoms with E-state index in [9.17, 15) is 19.5 Å². The average molecular weight is 370 g/mol. The van der Waals surface area contributed by atoms with Crippen LogP contribution in [0.3, 0.4) is 0 Å². The SMILES string of the molecule is COc1ccc(NC(=O)CN(CCc2ccccc2)C(C)=O)c(C(=O)O)c1. The van der Waals surface area contributed by atoms with Gasteiger partial charge in [0.25, 0.3) is 0 Å². The number of hydrogen-bond donors (Lipinski definition) is 2. The van der Waals surface area contributed by atoms with Crippen molar-refractivity contribution in [1.29, 1.82) is 0 Å². The van der Waals surface area contributed by atoms with Gasteiger partial charge in [-0.15, -0.1) is 0 Å². The first kappa shape index (κ1) is 20.0. The minimum atomic E-state index is -1.18. The molecule has 2 aromatic rings. The highest BCUT2D eigenvalue weighted by Gasteiger charge is 2.17. The lowest BCUT2D eigenvalue weighted by molar-refractivity contribution is -0.132. The molecule has 0 unspecified atom stereocenters. The average Bonchev–Trinajstić information content (AvgIpc) is 2.65. The summed E-state index contributed by atoms with van der Waals surface area (Å²) in [4.78, 5) is 37.0. The van der Waals surface area contributed by atoms with Crippen LogP contribution in [0.4, 0.5) is 5.69 Å². The number of nitrogens with one attached hydrogen (secondary N) is 1. The summed E-state index contributed by atoms with van der Waals surface area (Å²) >= 11 is 0. The van der Waals surface area contributed by atoms with Gasteiger partial charge in [0.05, 0.1) is 24.9 Å². The summed E-state index contributed by atoms with van der Waals surface area (Å²) in [5.41, 5.74) is 1.13. The lowest BCUT2D eigenvalue weighted by atomic mass is 10.1. The Morgan fingerprint density at radius 2 is 1.81 bits per heavy atom. The minimum absolute atomic E-state index is 0.0821. The zero-order valence-corrected chi connectivity index (χ0v) is 15.3. The Kier molecular flexibility index (Phi) is 6.93. The number of carboxylic acids is 1. The Morgan fingerprint density at radius 1 is 1.11 bits per heavy atom. The third-order valence-electron chi connectivity index (χ3n) is 4.02. The van der Waals surface area contributed by atoms with Crippen LogP contribution in [0.1, 0.15) is 22.8 Å². The second-order valence-electron chi connectivity index (χ2n) is 5.94. The molecule has 0 radical (unpaired) electrons. The van der Waals surface area contributed by atoms with Crippen LogP contribution in [0.15, 0.2) is 48.5 Å². The molecule has 0 aliphatic rings. The van der Waals surface area contributed by atoms with E-state index in [4.69, 9.17) is 4.74 Å². The molecule has 0 atom stereocenters. The summed E-state index contributed by atoms with van der Waals surface area (Å²) in [7, 11) is 1.43. The van der Waals surface area contributed by atoms with E-state index in [1.807, 2.05) is 30.3 Å². The zero-order valence-electron chi connectivity index (χ0n) is 15.3. The fourth-order valence-corrected chi connectivity index (χ4v) is 2.56. The lowest BCUT2D eigenvalue weighted by Gasteiger charge is -2.21. The first-order chi connectivity index (χ1) is 12.9. The van der Waals surface area contributed by atoms with E-state index in [1.165, 1.54) is 31.1 Å². The quantitative estimate of drug-likeness (QED) is 0.744. The molecule has 2 aromatic carbocycles. The number of amides is 2. The number of rotatable bonds is 8. The summed E-state index contributed by atoms with van der Waals surface area (Å²) in [6, 6.07) is 14.0. The maximum atomic E-state index is 12.3. The predicted octanol–water partition coefficient (Wildman–Crippen LogP) is 2.42. The molecular weight excluding hydrogens is 348 g/mol. The third-order valence-corrected chi connectivity index (χ3v) is 4.02. The topological polar surface area (TPSA) is 95.9 Å². The highest BCUT2D eigenvalue weighted by molar-refractivity contribution is 6.02. The summed E-state index contributed by atoms with van der Waals surface area (Å²) in [5, 5.41) is 11.9. The number of aromatic carboxylic acids is 1. The van der Waals surface area contributed by atoms with Crippen molar-refractivity contribution < 1.29 is 24.2 Å². The molecule has 0 aromatic heterocycles. The van der Waals surface area contributed by atoms with E-state index in [0.717, 1.165) is 5.56 Å². The molecule has 2 N–H and O–H groups in total. The molecule has 7 heteroatoms. The molecule has 142 valence electrons. The molecule has 2 amide bonds. The minimum Gasteiger partial charge on any atom is -0.497 e. The standard InChI is InChI=1S/C20H22N2O5/c1-14(23)22(11-10-15-6-4-3-5-7-15)13-19(24)21-18-9-8-16(27-2)12-17(18)20(25)26/h3-9,12H,10-11,13H2,1-2H3,(H,21,24)(H,25,26). The Labute approximate surface area is 157 Å². The molecule has 0 spiro atoms. The number of carboxylic acid groups (broad SMARTS) is 1. The number of hydrogen-bond acceptors (Lipinski definition) is 4. The molecule has 27 heavy (non-hydrogen) atoms. The van der Waals surface area contributed by atoms with Crippen molar-refractivity contribution in [3.8, 4) is 5.75 Å². The number of nitrogens with zero attached hydrogens (tertiary/aromatic N) is 1. The smallest absolute Gasteiger partial charge is 0.337 e. The van der Waals surface area contributed by atoms with Gasteiger partial charge in [-0.25, -0.2) is 4.79 Å². The first-order valence-corrected chi connectivity index (χ1v) is 8.41. The van der Waals surface area contributed by atoms with Crippen molar-refractivity contribution in [3.05, 3.63) is 59.7 Å². The Balaban J connectivity index is 2.03. The van der Waals surface area contributed by atoms with Crippen LogP contribution in [0, 0.1) is 0 Å². The number of anilines is 1. The van der Waals surface area contributed by atoms with Crippen molar-refractivity contribution in [2.75, 3.05) is 25.5 Å². The van der Waals surface area contributed by atoms with Crippen molar-refractivity contribution in [3.63, 3.8) is 0 Å². The largest absolute Gasteiger partial charge is 0.497 e. The van der Waals surface area contributed by atoms with Gasteiger partial charge in [-0.2, -0.15) is 0 Å². The molecule has 0 aliphatic carbocycles. The van der Waals surface area contributed by atoms with Gasteiger partial charge in [0, 0.05) is 13.5 Å². The van der Waals surface area contributed by atoms with Gasteiger partial charge in [0.1, 0.15) is 5.75 Å². The van der Waals surface area contributed by atoms with Crippen LogP contribution in [-0.2, 0) is 16.0 Å².